The zero-order valence-electron chi connectivity index (χ0n) is 18.7. The van der Waals surface area contributed by atoms with Gasteiger partial charge in [-0.2, -0.15) is 23.5 Å². The van der Waals surface area contributed by atoms with E-state index in [1.165, 1.54) is 6.20 Å². The summed E-state index contributed by atoms with van der Waals surface area (Å²) in [6.07, 6.45) is -0.888. The first-order valence-corrected chi connectivity index (χ1v) is 11.2. The van der Waals surface area contributed by atoms with Crippen LogP contribution in [0.3, 0.4) is 0 Å². The van der Waals surface area contributed by atoms with E-state index in [1.807, 2.05) is 6.07 Å². The van der Waals surface area contributed by atoms with Crippen LogP contribution >= 0.6 is 0 Å². The van der Waals surface area contributed by atoms with Crippen molar-refractivity contribution in [3.8, 4) is 11.8 Å². The van der Waals surface area contributed by atoms with E-state index in [-0.39, 0.29) is 31.0 Å². The molecule has 2 aromatic rings. The Morgan fingerprint density at radius 1 is 1.17 bits per heavy atom. The lowest BCUT2D eigenvalue weighted by molar-refractivity contribution is -0.140. The monoisotopic (exact) mass is 491 g/mol. The Hall–Kier alpha value is -3.66. The number of carbonyl (C=O) groups is 1. The number of carbonyl (C=O) groups excluding carboxylic acids is 1. The fraction of sp³-hybridized carbons (Fsp3) is 0.500. The highest BCUT2D eigenvalue weighted by Crippen LogP contribution is 2.33. The summed E-state index contributed by atoms with van der Waals surface area (Å²) in [5.74, 6) is 0.160. The lowest BCUT2D eigenvalue weighted by Crippen LogP contribution is -2.50. The normalized spacial score (nSPS) is 20.5. The summed E-state index contributed by atoms with van der Waals surface area (Å²) in [6, 6.07) is 5.19. The zero-order valence-corrected chi connectivity index (χ0v) is 18.7. The van der Waals surface area contributed by atoms with Crippen molar-refractivity contribution >= 4 is 11.7 Å². The number of aromatic amines is 1. The van der Waals surface area contributed by atoms with Gasteiger partial charge in [0.25, 0.3) is 5.56 Å². The first kappa shape index (κ1) is 24.5. The van der Waals surface area contributed by atoms with Crippen LogP contribution in [0, 0.1) is 11.3 Å². The van der Waals surface area contributed by atoms with Crippen LogP contribution in [-0.2, 0) is 11.0 Å². The minimum Gasteiger partial charge on any atom is -0.489 e. The van der Waals surface area contributed by atoms with Gasteiger partial charge in [-0.05, 0) is 25.0 Å². The number of hydrogen-bond acceptors (Lipinski definition) is 8. The van der Waals surface area contributed by atoms with Crippen LogP contribution in [0.15, 0.2) is 29.3 Å². The predicted molar refractivity (Wildman–Crippen MR) is 118 cm³/mol. The van der Waals surface area contributed by atoms with Gasteiger partial charge >= 0.3 is 6.18 Å². The van der Waals surface area contributed by atoms with Crippen LogP contribution in [0.25, 0.3) is 0 Å². The molecule has 2 atom stereocenters. The third-order valence-electron chi connectivity index (χ3n) is 6.13. The van der Waals surface area contributed by atoms with Crippen molar-refractivity contribution in [2.75, 3.05) is 37.7 Å². The van der Waals surface area contributed by atoms with Crippen molar-refractivity contribution in [3.63, 3.8) is 0 Å². The number of halogens is 3. The van der Waals surface area contributed by atoms with Crippen molar-refractivity contribution in [1.82, 2.24) is 25.4 Å². The third-order valence-corrected chi connectivity index (χ3v) is 6.13. The summed E-state index contributed by atoms with van der Waals surface area (Å²) in [7, 11) is 0. The summed E-state index contributed by atoms with van der Waals surface area (Å²) >= 11 is 0. The SMILES string of the molecule is N#Cc1ccc(N2CCN(C(=O)C[C@@H]3CC[C@@H](COc4cn[nH]c(=O)c4C(F)(F)F)N3)CC2)nc1. The number of H-pyrrole nitrogens is 1. The number of piperazine rings is 1. The fourth-order valence-electron chi connectivity index (χ4n) is 4.31. The molecule has 2 aromatic heterocycles. The average Bonchev–Trinajstić information content (AvgIpc) is 3.29. The van der Waals surface area contributed by atoms with Gasteiger partial charge in [0.1, 0.15) is 18.5 Å². The molecule has 2 fully saturated rings. The molecule has 10 nitrogen and oxygen atoms in total. The van der Waals surface area contributed by atoms with E-state index < -0.39 is 23.0 Å². The lowest BCUT2D eigenvalue weighted by atomic mass is 10.1. The quantitative estimate of drug-likeness (QED) is 0.619. The molecule has 0 radical (unpaired) electrons. The summed E-state index contributed by atoms with van der Waals surface area (Å²) < 4.78 is 44.7. The van der Waals surface area contributed by atoms with Crippen molar-refractivity contribution in [2.45, 2.75) is 37.5 Å². The number of amides is 1. The molecule has 0 bridgehead atoms. The van der Waals surface area contributed by atoms with E-state index in [9.17, 15) is 22.8 Å². The van der Waals surface area contributed by atoms with Gasteiger partial charge in [-0.1, -0.05) is 0 Å². The number of nitrogens with zero attached hydrogens (tertiary/aromatic N) is 5. The largest absolute Gasteiger partial charge is 0.489 e. The summed E-state index contributed by atoms with van der Waals surface area (Å²) in [5.41, 5.74) is -2.27. The highest BCUT2D eigenvalue weighted by molar-refractivity contribution is 5.77. The van der Waals surface area contributed by atoms with E-state index in [0.29, 0.717) is 44.6 Å². The number of anilines is 1. The zero-order chi connectivity index (χ0) is 25.0. The highest BCUT2D eigenvalue weighted by atomic mass is 19.4. The number of ether oxygens (including phenoxy) is 1. The van der Waals surface area contributed by atoms with Gasteiger partial charge in [0.2, 0.25) is 5.91 Å². The van der Waals surface area contributed by atoms with E-state index in [1.54, 1.807) is 22.1 Å². The number of hydrogen-bond donors (Lipinski definition) is 2. The van der Waals surface area contributed by atoms with Gasteiger partial charge in [-0.3, -0.25) is 9.59 Å². The molecule has 0 saturated carbocycles. The molecule has 13 heteroatoms. The maximum atomic E-state index is 13.1. The van der Waals surface area contributed by atoms with Crippen molar-refractivity contribution < 1.29 is 22.7 Å². The van der Waals surface area contributed by atoms with Crippen molar-refractivity contribution in [3.05, 3.63) is 46.0 Å². The molecule has 2 N–H and O–H groups in total. The van der Waals surface area contributed by atoms with Crippen molar-refractivity contribution in [1.29, 1.82) is 5.26 Å². The molecule has 2 saturated heterocycles. The Morgan fingerprint density at radius 3 is 2.57 bits per heavy atom. The van der Waals surface area contributed by atoms with E-state index in [2.05, 4.69) is 20.3 Å². The second-order valence-electron chi connectivity index (χ2n) is 8.47. The van der Waals surface area contributed by atoms with Crippen LogP contribution in [0.4, 0.5) is 19.0 Å². The first-order chi connectivity index (χ1) is 16.7. The molecule has 1 amide bonds. The third kappa shape index (κ3) is 5.89. The topological polar surface area (TPSA) is 127 Å². The Balaban J connectivity index is 1.23. The van der Waals surface area contributed by atoms with Crippen LogP contribution < -0.4 is 20.5 Å². The Bertz CT molecular complexity index is 1140. The highest BCUT2D eigenvalue weighted by Gasteiger charge is 2.38. The maximum Gasteiger partial charge on any atom is 0.425 e. The Kier molecular flexibility index (Phi) is 7.20. The van der Waals surface area contributed by atoms with Gasteiger partial charge in [0.05, 0.1) is 11.8 Å². The number of rotatable bonds is 6. The van der Waals surface area contributed by atoms with E-state index in [0.717, 1.165) is 12.0 Å². The van der Waals surface area contributed by atoms with Gasteiger partial charge in [-0.25, -0.2) is 10.1 Å². The van der Waals surface area contributed by atoms with E-state index in [4.69, 9.17) is 10.00 Å². The molecule has 35 heavy (non-hydrogen) atoms. The average molecular weight is 491 g/mol. The Morgan fingerprint density at radius 2 is 1.91 bits per heavy atom. The molecule has 4 heterocycles. The van der Waals surface area contributed by atoms with Gasteiger partial charge in [-0.15, -0.1) is 0 Å². The minimum atomic E-state index is -4.86. The van der Waals surface area contributed by atoms with Crippen molar-refractivity contribution in [2.24, 2.45) is 0 Å². The number of nitrogens with one attached hydrogen (secondary N) is 2. The lowest BCUT2D eigenvalue weighted by Gasteiger charge is -2.36. The molecule has 0 unspecified atom stereocenters. The number of aromatic nitrogens is 3. The standard InChI is InChI=1S/C22H24F3N7O3/c23-22(24,25)20-17(12-28-30-21(20)34)35-13-16-3-2-15(29-16)9-19(33)32-7-5-31(6-8-32)18-4-1-14(10-26)11-27-18/h1,4,11-12,15-16,29H,2-3,5-9,13H2,(H,30,34)/t15-,16-/m0/s1. The molecule has 0 spiro atoms. The van der Waals surface area contributed by atoms with Crippen LogP contribution in [0.1, 0.15) is 30.4 Å². The van der Waals surface area contributed by atoms with Crippen LogP contribution in [0.5, 0.6) is 5.75 Å². The number of alkyl halides is 3. The molecule has 0 aliphatic carbocycles. The second-order valence-corrected chi connectivity index (χ2v) is 8.47. The second kappa shape index (κ2) is 10.3. The molecular formula is C22H24F3N7O3. The maximum absolute atomic E-state index is 13.1. The number of nitriles is 1. The van der Waals surface area contributed by atoms with E-state index >= 15 is 0 Å². The molecular weight excluding hydrogens is 467 g/mol. The fourth-order valence-corrected chi connectivity index (χ4v) is 4.31. The van der Waals surface area contributed by atoms with Crippen LogP contribution in [0.2, 0.25) is 0 Å². The van der Waals surface area contributed by atoms with Gasteiger partial charge < -0.3 is 19.9 Å². The summed E-state index contributed by atoms with van der Waals surface area (Å²) in [5, 5.41) is 17.3. The first-order valence-electron chi connectivity index (χ1n) is 11.2. The number of pyridine rings is 1. The Labute approximate surface area is 198 Å². The summed E-state index contributed by atoms with van der Waals surface area (Å²) in [6.45, 7) is 2.29. The summed E-state index contributed by atoms with van der Waals surface area (Å²) in [4.78, 5) is 32.5. The predicted octanol–water partition coefficient (Wildman–Crippen LogP) is 1.29. The molecule has 186 valence electrons. The molecule has 0 aromatic carbocycles. The van der Waals surface area contributed by atoms with Gasteiger partial charge in [0, 0.05) is 50.9 Å². The van der Waals surface area contributed by atoms with Crippen LogP contribution in [-0.4, -0.2) is 70.9 Å². The minimum absolute atomic E-state index is 0.00894. The molecule has 2 aliphatic rings. The van der Waals surface area contributed by atoms with Gasteiger partial charge in [0.15, 0.2) is 11.3 Å². The molecule has 4 rings (SSSR count). The smallest absolute Gasteiger partial charge is 0.425 e. The molecule has 2 aliphatic heterocycles.